The van der Waals surface area contributed by atoms with Crippen molar-refractivity contribution in [3.05, 3.63) is 23.7 Å². The van der Waals surface area contributed by atoms with Gasteiger partial charge >= 0.3 is 0 Å². The molecule has 1 saturated carbocycles. The van der Waals surface area contributed by atoms with Crippen molar-refractivity contribution in [1.82, 2.24) is 0 Å². The van der Waals surface area contributed by atoms with Crippen LogP contribution in [0.2, 0.25) is 0 Å². The van der Waals surface area contributed by atoms with Crippen molar-refractivity contribution in [2.45, 2.75) is 44.4 Å². The van der Waals surface area contributed by atoms with Crippen molar-refractivity contribution in [1.29, 1.82) is 5.26 Å². The molecule has 2 heteroatoms. The molecule has 0 amide bonds. The van der Waals surface area contributed by atoms with Crippen LogP contribution in [0.1, 0.15) is 49.5 Å². The largest absolute Gasteiger partial charge is 0.465 e. The molecule has 1 heterocycles. The molecule has 0 unspecified atom stereocenters. The maximum atomic E-state index is 8.53. The number of rotatable bonds is 2. The third kappa shape index (κ3) is 1.98. The molecule has 2 nitrogen and oxygen atoms in total. The zero-order valence-electron chi connectivity index (χ0n) is 8.33. The van der Waals surface area contributed by atoms with Gasteiger partial charge in [0.05, 0.1) is 12.5 Å². The maximum Gasteiger partial charge on any atom is 0.118 e. The van der Waals surface area contributed by atoms with E-state index in [1.807, 2.05) is 12.1 Å². The van der Waals surface area contributed by atoms with Gasteiger partial charge in [0.2, 0.25) is 0 Å². The zero-order chi connectivity index (χ0) is 9.80. The van der Waals surface area contributed by atoms with E-state index in [0.29, 0.717) is 12.3 Å². The second-order valence-electron chi connectivity index (χ2n) is 3.97. The topological polar surface area (TPSA) is 36.9 Å². The second-order valence-corrected chi connectivity index (χ2v) is 3.97. The Balaban J connectivity index is 2.04. The molecule has 0 spiro atoms. The van der Waals surface area contributed by atoms with Crippen molar-refractivity contribution in [3.8, 4) is 6.07 Å². The third-order valence-electron chi connectivity index (χ3n) is 2.94. The highest BCUT2D eigenvalue weighted by Crippen LogP contribution is 2.33. The van der Waals surface area contributed by atoms with E-state index in [1.165, 1.54) is 32.1 Å². The van der Waals surface area contributed by atoms with Gasteiger partial charge in [0.1, 0.15) is 11.5 Å². The molecule has 2 rings (SSSR count). The summed E-state index contributed by atoms with van der Waals surface area (Å²) in [7, 11) is 0. The van der Waals surface area contributed by atoms with Crippen LogP contribution in [0.25, 0.3) is 0 Å². The number of nitriles is 1. The Bertz CT molecular complexity index is 328. The summed E-state index contributed by atoms with van der Waals surface area (Å²) in [5.74, 6) is 2.51. The molecule has 1 aliphatic rings. The first-order valence-electron chi connectivity index (χ1n) is 5.35. The number of furan rings is 1. The van der Waals surface area contributed by atoms with Gasteiger partial charge in [-0.2, -0.15) is 5.26 Å². The Hall–Kier alpha value is -1.23. The van der Waals surface area contributed by atoms with Crippen molar-refractivity contribution in [3.63, 3.8) is 0 Å². The predicted octanol–water partition coefficient (Wildman–Crippen LogP) is 3.39. The van der Waals surface area contributed by atoms with Crippen LogP contribution in [0, 0.1) is 11.3 Å². The molecule has 1 aromatic heterocycles. The van der Waals surface area contributed by atoms with E-state index in [-0.39, 0.29) is 0 Å². The van der Waals surface area contributed by atoms with Crippen LogP contribution >= 0.6 is 0 Å². The molecule has 0 radical (unpaired) electrons. The van der Waals surface area contributed by atoms with Gasteiger partial charge in [-0.1, -0.05) is 19.3 Å². The molecular weight excluding hydrogens is 174 g/mol. The van der Waals surface area contributed by atoms with E-state index in [0.717, 1.165) is 11.5 Å². The Morgan fingerprint density at radius 2 is 2.07 bits per heavy atom. The normalized spacial score (nSPS) is 17.9. The van der Waals surface area contributed by atoms with Crippen molar-refractivity contribution >= 4 is 0 Å². The van der Waals surface area contributed by atoms with E-state index in [4.69, 9.17) is 9.68 Å². The van der Waals surface area contributed by atoms with E-state index < -0.39 is 0 Å². The Kier molecular flexibility index (Phi) is 2.88. The molecule has 1 aromatic rings. The molecule has 1 aliphatic carbocycles. The fourth-order valence-corrected chi connectivity index (χ4v) is 2.17. The van der Waals surface area contributed by atoms with Crippen LogP contribution in [0.5, 0.6) is 0 Å². The van der Waals surface area contributed by atoms with Crippen LogP contribution in [-0.2, 0) is 6.42 Å². The molecule has 14 heavy (non-hydrogen) atoms. The molecule has 0 N–H and O–H groups in total. The Morgan fingerprint density at radius 3 is 2.79 bits per heavy atom. The Labute approximate surface area is 84.5 Å². The van der Waals surface area contributed by atoms with Gasteiger partial charge in [-0.3, -0.25) is 0 Å². The lowest BCUT2D eigenvalue weighted by Crippen LogP contribution is -2.02. The first-order valence-corrected chi connectivity index (χ1v) is 5.35. The minimum atomic E-state index is 0.396. The molecule has 0 saturated heterocycles. The molecule has 0 aliphatic heterocycles. The van der Waals surface area contributed by atoms with Crippen LogP contribution in [0.3, 0.4) is 0 Å². The SMILES string of the molecule is N#CCc1ccc(C2CCCCC2)o1. The fraction of sp³-hybridized carbons (Fsp3) is 0.583. The molecule has 74 valence electrons. The third-order valence-corrected chi connectivity index (χ3v) is 2.94. The summed E-state index contributed by atoms with van der Waals surface area (Å²) in [5.41, 5.74) is 0. The standard InChI is InChI=1S/C12H15NO/c13-9-8-11-6-7-12(14-11)10-4-2-1-3-5-10/h6-7,10H,1-5,8H2. The lowest BCUT2D eigenvalue weighted by Gasteiger charge is -2.19. The average molecular weight is 189 g/mol. The number of hydrogen-bond donors (Lipinski definition) is 0. The number of hydrogen-bond acceptors (Lipinski definition) is 2. The van der Waals surface area contributed by atoms with Gasteiger partial charge in [0, 0.05) is 5.92 Å². The van der Waals surface area contributed by atoms with Gasteiger partial charge in [-0.05, 0) is 25.0 Å². The summed E-state index contributed by atoms with van der Waals surface area (Å²) >= 11 is 0. The maximum absolute atomic E-state index is 8.53. The lowest BCUT2D eigenvalue weighted by atomic mass is 9.88. The minimum Gasteiger partial charge on any atom is -0.465 e. The average Bonchev–Trinajstić information content (AvgIpc) is 2.68. The van der Waals surface area contributed by atoms with Crippen LogP contribution in [-0.4, -0.2) is 0 Å². The van der Waals surface area contributed by atoms with Gasteiger partial charge in [0.25, 0.3) is 0 Å². The van der Waals surface area contributed by atoms with Gasteiger partial charge in [-0.25, -0.2) is 0 Å². The monoisotopic (exact) mass is 189 g/mol. The van der Waals surface area contributed by atoms with Crippen LogP contribution < -0.4 is 0 Å². The van der Waals surface area contributed by atoms with Crippen LogP contribution in [0.4, 0.5) is 0 Å². The molecular formula is C12H15NO. The minimum absolute atomic E-state index is 0.396. The molecule has 1 fully saturated rings. The quantitative estimate of drug-likeness (QED) is 0.715. The van der Waals surface area contributed by atoms with Crippen LogP contribution in [0.15, 0.2) is 16.5 Å². The predicted molar refractivity (Wildman–Crippen MR) is 53.9 cm³/mol. The van der Waals surface area contributed by atoms with Crippen molar-refractivity contribution in [2.24, 2.45) is 0 Å². The van der Waals surface area contributed by atoms with Gasteiger partial charge < -0.3 is 4.42 Å². The summed E-state index contributed by atoms with van der Waals surface area (Å²) in [6.45, 7) is 0. The Morgan fingerprint density at radius 1 is 1.29 bits per heavy atom. The molecule has 0 bridgehead atoms. The zero-order valence-corrected chi connectivity index (χ0v) is 8.33. The first-order chi connectivity index (χ1) is 6.90. The highest BCUT2D eigenvalue weighted by molar-refractivity contribution is 5.14. The van der Waals surface area contributed by atoms with Crippen molar-refractivity contribution < 1.29 is 4.42 Å². The highest BCUT2D eigenvalue weighted by Gasteiger charge is 2.18. The summed E-state index contributed by atoms with van der Waals surface area (Å²) < 4.78 is 5.64. The van der Waals surface area contributed by atoms with E-state index in [1.54, 1.807) is 0 Å². The number of nitrogens with zero attached hydrogens (tertiary/aromatic N) is 1. The van der Waals surface area contributed by atoms with Gasteiger partial charge in [0.15, 0.2) is 0 Å². The van der Waals surface area contributed by atoms with E-state index in [9.17, 15) is 0 Å². The summed E-state index contributed by atoms with van der Waals surface area (Å²) in [5, 5.41) is 8.53. The fourth-order valence-electron chi connectivity index (χ4n) is 2.17. The molecule has 0 aromatic carbocycles. The lowest BCUT2D eigenvalue weighted by molar-refractivity contribution is 0.365. The smallest absolute Gasteiger partial charge is 0.118 e. The van der Waals surface area contributed by atoms with E-state index >= 15 is 0 Å². The van der Waals surface area contributed by atoms with Crippen molar-refractivity contribution in [2.75, 3.05) is 0 Å². The molecule has 0 atom stereocenters. The summed E-state index contributed by atoms with van der Waals surface area (Å²) in [4.78, 5) is 0. The highest BCUT2D eigenvalue weighted by atomic mass is 16.3. The summed E-state index contributed by atoms with van der Waals surface area (Å²) in [6.07, 6.45) is 6.89. The second kappa shape index (κ2) is 4.32. The summed E-state index contributed by atoms with van der Waals surface area (Å²) in [6, 6.07) is 6.09. The first kappa shape index (κ1) is 9.33. The van der Waals surface area contributed by atoms with E-state index in [2.05, 4.69) is 6.07 Å². The van der Waals surface area contributed by atoms with Gasteiger partial charge in [-0.15, -0.1) is 0 Å².